The van der Waals surface area contributed by atoms with Crippen molar-refractivity contribution in [3.05, 3.63) is 65.4 Å². The number of aromatic amines is 1. The van der Waals surface area contributed by atoms with Gasteiger partial charge in [0.25, 0.3) is 5.91 Å². The number of hydrogen-bond donors (Lipinski definition) is 2. The number of ether oxygens (including phenoxy) is 1. The molecule has 2 aromatic carbocycles. The molecular weight excluding hydrogens is 326 g/mol. The smallest absolute Gasteiger partial charge is 0.273 e. The fraction of sp³-hybridized carbons (Fsp3) is 0.238. The van der Waals surface area contributed by atoms with E-state index in [4.69, 9.17) is 4.74 Å². The molecule has 0 atom stereocenters. The molecule has 2 N–H and O–H groups in total. The maximum Gasteiger partial charge on any atom is 0.273 e. The summed E-state index contributed by atoms with van der Waals surface area (Å²) >= 11 is 0. The summed E-state index contributed by atoms with van der Waals surface area (Å²) in [6, 6.07) is 15.6. The van der Waals surface area contributed by atoms with Crippen molar-refractivity contribution in [2.24, 2.45) is 0 Å². The van der Waals surface area contributed by atoms with Gasteiger partial charge in [-0.1, -0.05) is 6.07 Å². The molecule has 0 aliphatic heterocycles. The number of H-pyrrole nitrogens is 1. The molecule has 5 nitrogen and oxygen atoms in total. The maximum absolute atomic E-state index is 12.5. The van der Waals surface area contributed by atoms with Crippen LogP contribution in [0.5, 0.6) is 5.75 Å². The number of nitrogens with one attached hydrogen (secondary N) is 2. The Morgan fingerprint density at radius 1 is 1.12 bits per heavy atom. The average Bonchev–Trinajstić information content (AvgIpc) is 3.32. The van der Waals surface area contributed by atoms with Crippen molar-refractivity contribution >= 4 is 11.6 Å². The van der Waals surface area contributed by atoms with Crippen molar-refractivity contribution in [1.29, 1.82) is 0 Å². The van der Waals surface area contributed by atoms with Crippen LogP contribution < -0.4 is 10.1 Å². The van der Waals surface area contributed by atoms with Crippen LogP contribution in [0.3, 0.4) is 0 Å². The minimum absolute atomic E-state index is 0.187. The molecule has 1 aliphatic rings. The third-order valence-electron chi connectivity index (χ3n) is 4.64. The molecule has 26 heavy (non-hydrogen) atoms. The first-order valence-electron chi connectivity index (χ1n) is 8.95. The number of aryl methyl sites for hydroxylation is 2. The number of anilines is 1. The number of rotatable bonds is 5. The number of amides is 1. The van der Waals surface area contributed by atoms with E-state index in [-0.39, 0.29) is 5.91 Å². The normalized spacial score (nSPS) is 12.7. The topological polar surface area (TPSA) is 67.0 Å². The average molecular weight is 347 g/mol. The Morgan fingerprint density at radius 2 is 1.92 bits per heavy atom. The first-order valence-corrected chi connectivity index (χ1v) is 8.95. The molecule has 0 unspecified atom stereocenters. The van der Waals surface area contributed by atoms with Gasteiger partial charge in [-0.25, -0.2) is 0 Å². The van der Waals surface area contributed by atoms with E-state index in [1.807, 2.05) is 37.3 Å². The summed E-state index contributed by atoms with van der Waals surface area (Å²) in [4.78, 5) is 12.5. The maximum atomic E-state index is 12.5. The van der Waals surface area contributed by atoms with E-state index >= 15 is 0 Å². The van der Waals surface area contributed by atoms with Gasteiger partial charge >= 0.3 is 0 Å². The molecule has 0 fully saturated rings. The van der Waals surface area contributed by atoms with Gasteiger partial charge in [0.2, 0.25) is 0 Å². The number of hydrogen-bond acceptors (Lipinski definition) is 3. The highest BCUT2D eigenvalue weighted by Crippen LogP contribution is 2.25. The molecular formula is C21H21N3O2. The summed E-state index contributed by atoms with van der Waals surface area (Å²) in [5.74, 6) is 0.633. The molecule has 0 saturated carbocycles. The second kappa shape index (κ2) is 7.04. The van der Waals surface area contributed by atoms with Crippen molar-refractivity contribution in [1.82, 2.24) is 10.2 Å². The van der Waals surface area contributed by atoms with Gasteiger partial charge in [-0.15, -0.1) is 0 Å². The zero-order valence-corrected chi connectivity index (χ0v) is 14.7. The minimum Gasteiger partial charge on any atom is -0.494 e. The van der Waals surface area contributed by atoms with Gasteiger partial charge in [0.05, 0.1) is 12.3 Å². The number of carbonyl (C=O) groups excluding carboxylic acids is 1. The number of fused-ring (bicyclic) bond motifs is 1. The summed E-state index contributed by atoms with van der Waals surface area (Å²) < 4.78 is 5.45. The fourth-order valence-electron chi connectivity index (χ4n) is 3.32. The van der Waals surface area contributed by atoms with Crippen LogP contribution in [0.2, 0.25) is 0 Å². The Hall–Kier alpha value is -3.08. The van der Waals surface area contributed by atoms with Crippen molar-refractivity contribution in [3.8, 4) is 17.0 Å². The molecule has 0 radical (unpaired) electrons. The van der Waals surface area contributed by atoms with Crippen LogP contribution in [0, 0.1) is 0 Å². The van der Waals surface area contributed by atoms with E-state index in [2.05, 4.69) is 27.6 Å². The summed E-state index contributed by atoms with van der Waals surface area (Å²) in [5, 5.41) is 10.0. The Bertz CT molecular complexity index is 929. The zero-order chi connectivity index (χ0) is 17.9. The molecule has 1 heterocycles. The van der Waals surface area contributed by atoms with Gasteiger partial charge in [-0.05, 0) is 79.8 Å². The number of benzene rings is 2. The van der Waals surface area contributed by atoms with Gasteiger partial charge in [-0.2, -0.15) is 5.10 Å². The Labute approximate surface area is 152 Å². The molecule has 0 saturated heterocycles. The summed E-state index contributed by atoms with van der Waals surface area (Å²) in [6.07, 6.45) is 3.42. The van der Waals surface area contributed by atoms with E-state index in [9.17, 15) is 4.79 Å². The van der Waals surface area contributed by atoms with E-state index in [0.29, 0.717) is 12.3 Å². The summed E-state index contributed by atoms with van der Waals surface area (Å²) in [5.41, 5.74) is 5.65. The lowest BCUT2D eigenvalue weighted by atomic mass is 10.1. The van der Waals surface area contributed by atoms with Crippen LogP contribution >= 0.6 is 0 Å². The SMILES string of the molecule is CCOc1ccc(-c2cc(C(=O)Nc3ccc4c(c3)CCC4)[nH]n2)cc1. The van der Waals surface area contributed by atoms with Crippen molar-refractivity contribution in [2.45, 2.75) is 26.2 Å². The summed E-state index contributed by atoms with van der Waals surface area (Å²) in [6.45, 7) is 2.59. The van der Waals surface area contributed by atoms with Gasteiger partial charge in [0.1, 0.15) is 11.4 Å². The molecule has 0 spiro atoms. The monoisotopic (exact) mass is 347 g/mol. The molecule has 5 heteroatoms. The van der Waals surface area contributed by atoms with Gasteiger partial charge in [-0.3, -0.25) is 9.89 Å². The Kier molecular flexibility index (Phi) is 4.44. The predicted octanol–water partition coefficient (Wildman–Crippen LogP) is 4.22. The highest BCUT2D eigenvalue weighted by molar-refractivity contribution is 6.03. The zero-order valence-electron chi connectivity index (χ0n) is 14.7. The van der Waals surface area contributed by atoms with Crippen molar-refractivity contribution in [2.75, 3.05) is 11.9 Å². The number of aromatic nitrogens is 2. The molecule has 4 rings (SSSR count). The lowest BCUT2D eigenvalue weighted by Crippen LogP contribution is -2.12. The van der Waals surface area contributed by atoms with Gasteiger partial charge in [0, 0.05) is 11.3 Å². The standard InChI is InChI=1S/C21H21N3O2/c1-2-26-18-10-7-15(8-11-18)19-13-20(24-23-19)21(25)22-17-9-6-14-4-3-5-16(14)12-17/h6-13H,2-5H2,1H3,(H,22,25)(H,23,24). The highest BCUT2D eigenvalue weighted by Gasteiger charge is 2.14. The first kappa shape index (κ1) is 16.4. The minimum atomic E-state index is -0.187. The third-order valence-corrected chi connectivity index (χ3v) is 4.64. The molecule has 1 aliphatic carbocycles. The molecule has 1 aromatic heterocycles. The third kappa shape index (κ3) is 3.33. The molecule has 3 aromatic rings. The van der Waals surface area contributed by atoms with Crippen LogP contribution in [0.4, 0.5) is 5.69 Å². The highest BCUT2D eigenvalue weighted by atomic mass is 16.5. The van der Waals surface area contributed by atoms with Crippen LogP contribution in [0.25, 0.3) is 11.3 Å². The van der Waals surface area contributed by atoms with Crippen molar-refractivity contribution < 1.29 is 9.53 Å². The van der Waals surface area contributed by atoms with Gasteiger partial charge in [0.15, 0.2) is 0 Å². The Balaban J connectivity index is 1.47. The quantitative estimate of drug-likeness (QED) is 0.726. The number of nitrogens with zero attached hydrogens (tertiary/aromatic N) is 1. The largest absolute Gasteiger partial charge is 0.494 e. The number of carbonyl (C=O) groups is 1. The van der Waals surface area contributed by atoms with Crippen LogP contribution in [0.15, 0.2) is 48.5 Å². The Morgan fingerprint density at radius 3 is 2.73 bits per heavy atom. The second-order valence-corrected chi connectivity index (χ2v) is 6.42. The van der Waals surface area contributed by atoms with Gasteiger partial charge < -0.3 is 10.1 Å². The fourth-order valence-corrected chi connectivity index (χ4v) is 3.32. The van der Waals surface area contributed by atoms with E-state index in [1.165, 1.54) is 17.5 Å². The van der Waals surface area contributed by atoms with Crippen LogP contribution in [0.1, 0.15) is 35.0 Å². The lowest BCUT2D eigenvalue weighted by molar-refractivity contribution is 0.102. The molecule has 132 valence electrons. The summed E-state index contributed by atoms with van der Waals surface area (Å²) in [7, 11) is 0. The lowest BCUT2D eigenvalue weighted by Gasteiger charge is -2.06. The van der Waals surface area contributed by atoms with Crippen molar-refractivity contribution in [3.63, 3.8) is 0 Å². The van der Waals surface area contributed by atoms with E-state index in [1.54, 1.807) is 6.07 Å². The predicted molar refractivity (Wildman–Crippen MR) is 102 cm³/mol. The second-order valence-electron chi connectivity index (χ2n) is 6.42. The molecule has 0 bridgehead atoms. The molecule has 1 amide bonds. The van der Waals surface area contributed by atoms with E-state index in [0.717, 1.165) is 35.5 Å². The van der Waals surface area contributed by atoms with Crippen LogP contribution in [-0.2, 0) is 12.8 Å². The van der Waals surface area contributed by atoms with E-state index < -0.39 is 0 Å². The first-order chi connectivity index (χ1) is 12.7. The van der Waals surface area contributed by atoms with Crippen LogP contribution in [-0.4, -0.2) is 22.7 Å².